The molecule has 19 heavy (non-hydrogen) atoms. The van der Waals surface area contributed by atoms with Crippen LogP contribution in [0.25, 0.3) is 0 Å². The van der Waals surface area contributed by atoms with Crippen LogP contribution in [0.4, 0.5) is 0 Å². The molecule has 0 amide bonds. The maximum atomic E-state index is 3.83. The molecular weight excluding hydrogens is 315 g/mol. The number of benzene rings is 2. The number of alkyl halides is 1. The summed E-state index contributed by atoms with van der Waals surface area (Å²) in [6, 6.07) is 22.2. The van der Waals surface area contributed by atoms with Gasteiger partial charge in [-0.15, -0.1) is 0 Å². The largest absolute Gasteiger partial charge is 0.0884 e. The van der Waals surface area contributed by atoms with Crippen LogP contribution in [0.5, 0.6) is 0 Å². The highest BCUT2D eigenvalue weighted by atomic mass is 79.9. The Morgan fingerprint density at radius 1 is 0.842 bits per heavy atom. The first kappa shape index (κ1) is 12.1. The summed E-state index contributed by atoms with van der Waals surface area (Å²) in [5.41, 5.74) is 1.54. The van der Waals surface area contributed by atoms with Crippen LogP contribution in [0.15, 0.2) is 60.7 Å². The molecule has 96 valence electrons. The van der Waals surface area contributed by atoms with Gasteiger partial charge in [-0.1, -0.05) is 76.6 Å². The molecule has 2 aromatic carbocycles. The fourth-order valence-corrected chi connectivity index (χ4v) is 7.81. The molecule has 0 radical (unpaired) electrons. The highest BCUT2D eigenvalue weighted by molar-refractivity contribution is 9.09. The van der Waals surface area contributed by atoms with Crippen molar-refractivity contribution in [3.8, 4) is 0 Å². The number of rotatable bonds is 3. The zero-order chi connectivity index (χ0) is 12.9. The second-order valence-corrected chi connectivity index (χ2v) is 9.17. The van der Waals surface area contributed by atoms with E-state index in [1.54, 1.807) is 0 Å². The summed E-state index contributed by atoms with van der Waals surface area (Å²) in [6.45, 7) is 0. The first-order chi connectivity index (χ1) is 9.31. The van der Waals surface area contributed by atoms with Crippen LogP contribution in [0, 0.1) is 5.41 Å². The summed E-state index contributed by atoms with van der Waals surface area (Å²) in [5, 5.41) is 3.08. The lowest BCUT2D eigenvalue weighted by atomic mass is 10.4. The quantitative estimate of drug-likeness (QED) is 0.588. The van der Waals surface area contributed by atoms with E-state index in [2.05, 4.69) is 76.6 Å². The Morgan fingerprint density at radius 3 is 1.68 bits per heavy atom. The van der Waals surface area contributed by atoms with E-state index in [-0.39, 0.29) is 7.92 Å². The normalized spacial score (nSPS) is 31.7. The Hall–Kier alpha value is -0.650. The summed E-state index contributed by atoms with van der Waals surface area (Å²) in [5.74, 6) is 0. The molecule has 2 aliphatic rings. The van der Waals surface area contributed by atoms with Gasteiger partial charge in [0.15, 0.2) is 0 Å². The van der Waals surface area contributed by atoms with Gasteiger partial charge in [-0.2, -0.15) is 0 Å². The fraction of sp³-hybridized carbons (Fsp3) is 0.294. The van der Waals surface area contributed by atoms with Gasteiger partial charge < -0.3 is 0 Å². The number of hydrogen-bond donors (Lipinski definition) is 0. The molecule has 0 unspecified atom stereocenters. The van der Waals surface area contributed by atoms with E-state index < -0.39 is 0 Å². The molecule has 0 saturated heterocycles. The van der Waals surface area contributed by atoms with E-state index >= 15 is 0 Å². The minimum absolute atomic E-state index is 0.181. The van der Waals surface area contributed by atoms with Gasteiger partial charge in [0.05, 0.1) is 0 Å². The van der Waals surface area contributed by atoms with Gasteiger partial charge in [-0.25, -0.2) is 0 Å². The fourth-order valence-electron chi connectivity index (χ4n) is 3.17. The third kappa shape index (κ3) is 1.99. The summed E-state index contributed by atoms with van der Waals surface area (Å²) < 4.78 is 0. The van der Waals surface area contributed by atoms with Crippen LogP contribution >= 0.6 is 23.9 Å². The summed E-state index contributed by atoms with van der Waals surface area (Å²) in [4.78, 5) is 0.780. The van der Waals surface area contributed by atoms with Crippen molar-refractivity contribution in [1.29, 1.82) is 0 Å². The molecule has 4 rings (SSSR count). The van der Waals surface area contributed by atoms with Crippen molar-refractivity contribution in [2.75, 3.05) is 0 Å². The Labute approximate surface area is 124 Å². The van der Waals surface area contributed by atoms with Crippen LogP contribution in [0.2, 0.25) is 0 Å². The van der Waals surface area contributed by atoms with Crippen molar-refractivity contribution in [2.45, 2.75) is 23.3 Å². The van der Waals surface area contributed by atoms with Gasteiger partial charge in [0.25, 0.3) is 0 Å². The molecule has 2 aliphatic carbocycles. The zero-order valence-corrected chi connectivity index (χ0v) is 13.1. The molecule has 0 nitrogen and oxygen atoms in total. The predicted octanol–water partition coefficient (Wildman–Crippen LogP) is 4.05. The lowest BCUT2D eigenvalue weighted by Crippen LogP contribution is -2.15. The highest BCUT2D eigenvalue weighted by Crippen LogP contribution is 2.78. The summed E-state index contributed by atoms with van der Waals surface area (Å²) in [7, 11) is -0.181. The van der Waals surface area contributed by atoms with E-state index in [4.69, 9.17) is 0 Å². The minimum atomic E-state index is -0.181. The van der Waals surface area contributed by atoms with Crippen molar-refractivity contribution in [2.24, 2.45) is 5.41 Å². The first-order valence-electron chi connectivity index (χ1n) is 6.85. The molecule has 2 heteroatoms. The van der Waals surface area contributed by atoms with Crippen LogP contribution in [0.3, 0.4) is 0 Å². The van der Waals surface area contributed by atoms with E-state index in [1.165, 1.54) is 23.5 Å². The molecule has 2 fully saturated rings. The van der Waals surface area contributed by atoms with E-state index in [9.17, 15) is 0 Å². The van der Waals surface area contributed by atoms with Gasteiger partial charge in [-0.05, 0) is 42.4 Å². The maximum absolute atomic E-state index is 3.83. The molecule has 0 aliphatic heterocycles. The highest BCUT2D eigenvalue weighted by Gasteiger charge is 2.71. The molecule has 0 heterocycles. The lowest BCUT2D eigenvalue weighted by molar-refractivity contribution is 0.910. The average molecular weight is 331 g/mol. The smallest absolute Gasteiger partial charge is 0.0215 e. The average Bonchev–Trinajstić information content (AvgIpc) is 3.32. The van der Waals surface area contributed by atoms with E-state index in [1.807, 2.05) is 0 Å². The van der Waals surface area contributed by atoms with Crippen molar-refractivity contribution >= 4 is 34.5 Å². The Balaban J connectivity index is 1.73. The molecular formula is C17H16BrP. The number of hydrogen-bond acceptors (Lipinski definition) is 0. The molecule has 2 saturated carbocycles. The Kier molecular flexibility index (Phi) is 2.83. The van der Waals surface area contributed by atoms with Gasteiger partial charge >= 0.3 is 0 Å². The minimum Gasteiger partial charge on any atom is -0.0884 e. The van der Waals surface area contributed by atoms with Gasteiger partial charge in [0.2, 0.25) is 0 Å². The molecule has 2 aromatic rings. The number of halogens is 1. The molecule has 0 aromatic heterocycles. The third-order valence-corrected chi connectivity index (χ3v) is 8.74. The van der Waals surface area contributed by atoms with Crippen molar-refractivity contribution in [3.63, 3.8) is 0 Å². The summed E-state index contributed by atoms with van der Waals surface area (Å²) >= 11 is 3.83. The van der Waals surface area contributed by atoms with Crippen molar-refractivity contribution in [1.82, 2.24) is 0 Å². The summed E-state index contributed by atoms with van der Waals surface area (Å²) in [6.07, 6.45) is 2.80. The molecule has 0 bridgehead atoms. The van der Waals surface area contributed by atoms with Crippen LogP contribution in [-0.4, -0.2) is 10.5 Å². The first-order valence-corrected chi connectivity index (χ1v) is 9.17. The maximum Gasteiger partial charge on any atom is 0.0215 e. The Morgan fingerprint density at radius 2 is 1.32 bits per heavy atom. The van der Waals surface area contributed by atoms with Gasteiger partial charge in [0, 0.05) is 4.83 Å². The molecule has 3 atom stereocenters. The second-order valence-electron chi connectivity index (χ2n) is 5.67. The molecule has 0 N–H and O–H groups in total. The van der Waals surface area contributed by atoms with E-state index in [0.717, 1.165) is 10.5 Å². The van der Waals surface area contributed by atoms with Crippen molar-refractivity contribution in [3.05, 3.63) is 60.7 Å². The molecule has 1 spiro atoms. The van der Waals surface area contributed by atoms with Gasteiger partial charge in [-0.3, -0.25) is 0 Å². The van der Waals surface area contributed by atoms with Crippen LogP contribution < -0.4 is 10.6 Å². The second kappa shape index (κ2) is 4.43. The standard InChI is InChI=1S/C17H16BrP/c18-15-11-17(15)12-16(17)19(13-7-3-1-4-8-13)14-9-5-2-6-10-14/h1-10,15-16H,11-12H2/t15-,16+,17-/m0/s1. The topological polar surface area (TPSA) is 0 Å². The predicted molar refractivity (Wildman–Crippen MR) is 87.2 cm³/mol. The van der Waals surface area contributed by atoms with Crippen LogP contribution in [-0.2, 0) is 0 Å². The van der Waals surface area contributed by atoms with Crippen molar-refractivity contribution < 1.29 is 0 Å². The lowest BCUT2D eigenvalue weighted by Gasteiger charge is -2.19. The SMILES string of the molecule is Br[C@H]1C[C@]12C[C@H]2P(c1ccccc1)c1ccccc1. The van der Waals surface area contributed by atoms with Crippen LogP contribution in [0.1, 0.15) is 12.8 Å². The van der Waals surface area contributed by atoms with Gasteiger partial charge in [0.1, 0.15) is 0 Å². The zero-order valence-electron chi connectivity index (χ0n) is 10.7. The Bertz CT molecular complexity index is 543. The third-order valence-electron chi connectivity index (χ3n) is 4.48. The monoisotopic (exact) mass is 330 g/mol. The van der Waals surface area contributed by atoms with E-state index in [0.29, 0.717) is 5.41 Å².